The van der Waals surface area contributed by atoms with E-state index in [0.717, 1.165) is 42.6 Å². The van der Waals surface area contributed by atoms with Crippen molar-refractivity contribution < 1.29 is 4.79 Å². The average molecular weight is 258 g/mol. The molecule has 1 aliphatic heterocycles. The van der Waals surface area contributed by atoms with Crippen molar-refractivity contribution >= 4 is 22.5 Å². The molecule has 0 unspecified atom stereocenters. The second-order valence-corrected chi connectivity index (χ2v) is 5.10. The lowest BCUT2D eigenvalue weighted by molar-refractivity contribution is 0.0666. The van der Waals surface area contributed by atoms with Gasteiger partial charge in [0.1, 0.15) is 0 Å². The third-order valence-corrected chi connectivity index (χ3v) is 3.73. The molecule has 3 N–H and O–H groups in total. The number of nitrogens with one attached hydrogen (secondary N) is 1. The number of rotatable bonds is 1. The van der Waals surface area contributed by atoms with E-state index in [4.69, 9.17) is 5.73 Å². The number of nitrogen functional groups attached to an aromatic ring is 1. The lowest BCUT2D eigenvalue weighted by atomic mass is 10.1. The predicted octanol–water partition coefficient (Wildman–Crippen LogP) is 1.14. The van der Waals surface area contributed by atoms with Gasteiger partial charge in [0.05, 0.1) is 5.56 Å². The number of carbonyl (C=O) groups excluding carboxylic acids is 1. The maximum atomic E-state index is 12.5. The molecular weight excluding hydrogens is 240 g/mol. The standard InChI is InChI=1S/C14H18N4O/c1-17-4-6-18(7-5-17)14(19)12-9-16-13-8-10(15)2-3-11(12)13/h2-3,8-9,16H,4-7,15H2,1H3. The number of carbonyl (C=O) groups is 1. The van der Waals surface area contributed by atoms with E-state index < -0.39 is 0 Å². The molecule has 0 aliphatic carbocycles. The van der Waals surface area contributed by atoms with Crippen LogP contribution in [0.5, 0.6) is 0 Å². The first-order chi connectivity index (χ1) is 9.15. The number of H-pyrrole nitrogens is 1. The Balaban J connectivity index is 1.89. The summed E-state index contributed by atoms with van der Waals surface area (Å²) in [5.41, 5.74) is 8.10. The Morgan fingerprint density at radius 3 is 2.74 bits per heavy atom. The number of nitrogens with two attached hydrogens (primary N) is 1. The maximum Gasteiger partial charge on any atom is 0.256 e. The number of anilines is 1. The maximum absolute atomic E-state index is 12.5. The van der Waals surface area contributed by atoms with Gasteiger partial charge in [0.25, 0.3) is 5.91 Å². The highest BCUT2D eigenvalue weighted by molar-refractivity contribution is 6.07. The lowest BCUT2D eigenvalue weighted by Crippen LogP contribution is -2.47. The molecule has 5 heteroatoms. The molecule has 0 spiro atoms. The van der Waals surface area contributed by atoms with Gasteiger partial charge in [-0.25, -0.2) is 0 Å². The van der Waals surface area contributed by atoms with Gasteiger partial charge in [0.2, 0.25) is 0 Å². The summed E-state index contributed by atoms with van der Waals surface area (Å²) in [6.45, 7) is 3.44. The normalized spacial score (nSPS) is 17.0. The Labute approximate surface area is 112 Å². The summed E-state index contributed by atoms with van der Waals surface area (Å²) in [6.07, 6.45) is 1.78. The van der Waals surface area contributed by atoms with E-state index in [2.05, 4.69) is 16.9 Å². The van der Waals surface area contributed by atoms with Gasteiger partial charge >= 0.3 is 0 Å². The molecule has 1 aliphatic rings. The number of hydrogen-bond donors (Lipinski definition) is 2. The largest absolute Gasteiger partial charge is 0.399 e. The van der Waals surface area contributed by atoms with Crippen LogP contribution in [0.15, 0.2) is 24.4 Å². The molecule has 0 saturated carbocycles. The third kappa shape index (κ3) is 2.17. The van der Waals surface area contributed by atoms with E-state index in [9.17, 15) is 4.79 Å². The van der Waals surface area contributed by atoms with Crippen LogP contribution in [0.25, 0.3) is 10.9 Å². The molecule has 1 amide bonds. The molecule has 5 nitrogen and oxygen atoms in total. The summed E-state index contributed by atoms with van der Waals surface area (Å²) in [4.78, 5) is 19.8. The minimum atomic E-state index is 0.101. The van der Waals surface area contributed by atoms with Gasteiger partial charge in [-0.05, 0) is 25.2 Å². The zero-order valence-corrected chi connectivity index (χ0v) is 11.0. The van der Waals surface area contributed by atoms with Crippen LogP contribution in [0, 0.1) is 0 Å². The van der Waals surface area contributed by atoms with E-state index in [1.807, 2.05) is 23.1 Å². The van der Waals surface area contributed by atoms with Crippen LogP contribution in [0.2, 0.25) is 0 Å². The lowest BCUT2D eigenvalue weighted by Gasteiger charge is -2.32. The van der Waals surface area contributed by atoms with Crippen LogP contribution in [0.1, 0.15) is 10.4 Å². The van der Waals surface area contributed by atoms with Gasteiger partial charge in [-0.1, -0.05) is 0 Å². The molecule has 2 heterocycles. The molecule has 100 valence electrons. The fourth-order valence-electron chi connectivity index (χ4n) is 2.50. The summed E-state index contributed by atoms with van der Waals surface area (Å²) in [5.74, 6) is 0.101. The number of fused-ring (bicyclic) bond motifs is 1. The zero-order valence-electron chi connectivity index (χ0n) is 11.0. The molecule has 1 fully saturated rings. The van der Waals surface area contributed by atoms with Crippen LogP contribution in [-0.2, 0) is 0 Å². The summed E-state index contributed by atoms with van der Waals surface area (Å²) in [7, 11) is 2.08. The van der Waals surface area contributed by atoms with Crippen molar-refractivity contribution in [1.29, 1.82) is 0 Å². The smallest absolute Gasteiger partial charge is 0.256 e. The van der Waals surface area contributed by atoms with Crippen LogP contribution in [0.3, 0.4) is 0 Å². The zero-order chi connectivity index (χ0) is 13.4. The van der Waals surface area contributed by atoms with Crippen LogP contribution < -0.4 is 5.73 Å². The van der Waals surface area contributed by atoms with Gasteiger partial charge in [0, 0.05) is 49.0 Å². The predicted molar refractivity (Wildman–Crippen MR) is 76.1 cm³/mol. The Bertz CT molecular complexity index is 611. The van der Waals surface area contributed by atoms with Gasteiger partial charge in [-0.2, -0.15) is 0 Å². The second-order valence-electron chi connectivity index (χ2n) is 5.10. The van der Waals surface area contributed by atoms with E-state index in [-0.39, 0.29) is 5.91 Å². The number of likely N-dealkylation sites (N-methyl/N-ethyl adjacent to an activating group) is 1. The van der Waals surface area contributed by atoms with Crippen molar-refractivity contribution in [2.45, 2.75) is 0 Å². The van der Waals surface area contributed by atoms with Crippen molar-refractivity contribution in [3.63, 3.8) is 0 Å². The Kier molecular flexibility index (Phi) is 2.91. The number of piperazine rings is 1. The van der Waals surface area contributed by atoms with E-state index >= 15 is 0 Å². The molecule has 3 rings (SSSR count). The summed E-state index contributed by atoms with van der Waals surface area (Å²) < 4.78 is 0. The molecular formula is C14H18N4O. The Morgan fingerprint density at radius 1 is 1.26 bits per heavy atom. The second kappa shape index (κ2) is 4.59. The average Bonchev–Trinajstić information content (AvgIpc) is 2.81. The highest BCUT2D eigenvalue weighted by Gasteiger charge is 2.22. The minimum Gasteiger partial charge on any atom is -0.399 e. The topological polar surface area (TPSA) is 65.4 Å². The third-order valence-electron chi connectivity index (χ3n) is 3.73. The van der Waals surface area contributed by atoms with Gasteiger partial charge < -0.3 is 20.5 Å². The number of amides is 1. The van der Waals surface area contributed by atoms with Crippen molar-refractivity contribution in [3.8, 4) is 0 Å². The SMILES string of the molecule is CN1CCN(C(=O)c2c[nH]c3cc(N)ccc23)CC1. The van der Waals surface area contributed by atoms with E-state index in [0.29, 0.717) is 5.69 Å². The van der Waals surface area contributed by atoms with Crippen LogP contribution in [-0.4, -0.2) is 53.9 Å². The summed E-state index contributed by atoms with van der Waals surface area (Å²) in [6, 6.07) is 5.59. The first-order valence-electron chi connectivity index (χ1n) is 6.49. The van der Waals surface area contributed by atoms with Crippen molar-refractivity contribution in [2.24, 2.45) is 0 Å². The molecule has 1 aromatic heterocycles. The quantitative estimate of drug-likeness (QED) is 0.754. The van der Waals surface area contributed by atoms with Crippen LogP contribution in [0.4, 0.5) is 5.69 Å². The number of hydrogen-bond acceptors (Lipinski definition) is 3. The van der Waals surface area contributed by atoms with Crippen molar-refractivity contribution in [1.82, 2.24) is 14.8 Å². The van der Waals surface area contributed by atoms with Crippen LogP contribution >= 0.6 is 0 Å². The molecule has 2 aromatic rings. The molecule has 19 heavy (non-hydrogen) atoms. The van der Waals surface area contributed by atoms with Gasteiger partial charge in [-0.3, -0.25) is 4.79 Å². The minimum absolute atomic E-state index is 0.101. The van der Waals surface area contributed by atoms with Gasteiger partial charge in [-0.15, -0.1) is 0 Å². The van der Waals surface area contributed by atoms with E-state index in [1.165, 1.54) is 0 Å². The summed E-state index contributed by atoms with van der Waals surface area (Å²) >= 11 is 0. The summed E-state index contributed by atoms with van der Waals surface area (Å²) in [5, 5.41) is 0.943. The number of benzene rings is 1. The monoisotopic (exact) mass is 258 g/mol. The molecule has 0 atom stereocenters. The van der Waals surface area contributed by atoms with E-state index in [1.54, 1.807) is 6.20 Å². The molecule has 0 bridgehead atoms. The number of aromatic amines is 1. The molecule has 1 saturated heterocycles. The fraction of sp³-hybridized carbons (Fsp3) is 0.357. The first-order valence-corrected chi connectivity index (χ1v) is 6.49. The highest BCUT2D eigenvalue weighted by Crippen LogP contribution is 2.22. The molecule has 0 radical (unpaired) electrons. The highest BCUT2D eigenvalue weighted by atomic mass is 16.2. The number of nitrogens with zero attached hydrogens (tertiary/aromatic N) is 2. The Morgan fingerprint density at radius 2 is 2.00 bits per heavy atom. The van der Waals surface area contributed by atoms with Gasteiger partial charge in [0.15, 0.2) is 0 Å². The van der Waals surface area contributed by atoms with Crippen molar-refractivity contribution in [3.05, 3.63) is 30.0 Å². The van der Waals surface area contributed by atoms with Crippen molar-refractivity contribution in [2.75, 3.05) is 39.0 Å². The number of aromatic nitrogens is 1. The fourth-order valence-corrected chi connectivity index (χ4v) is 2.50. The Hall–Kier alpha value is -2.01. The first kappa shape index (κ1) is 12.0. The molecule has 1 aromatic carbocycles.